The smallest absolute Gasteiger partial charge is 0.330 e. The van der Waals surface area contributed by atoms with E-state index in [9.17, 15) is 18.0 Å². The van der Waals surface area contributed by atoms with Crippen LogP contribution in [0.15, 0.2) is 42.9 Å². The maximum absolute atomic E-state index is 12.7. The fourth-order valence-corrected chi connectivity index (χ4v) is 2.97. The summed E-state index contributed by atoms with van der Waals surface area (Å²) in [4.78, 5) is 22.3. The lowest BCUT2D eigenvalue weighted by atomic mass is 9.94. The normalized spacial score (nSPS) is 18.5. The third-order valence-corrected chi connectivity index (χ3v) is 4.17. The number of nitrogens with zero attached hydrogens (tertiary/aromatic N) is 3. The molecule has 126 valence electrons. The van der Waals surface area contributed by atoms with Gasteiger partial charge in [0.2, 0.25) is 0 Å². The molecule has 24 heavy (non-hydrogen) atoms. The largest absolute Gasteiger partial charge is 0.416 e. The monoisotopic (exact) mass is 335 g/mol. The fraction of sp³-hybridized carbons (Fsp3) is 0.353. The number of benzene rings is 1. The molecule has 7 heteroatoms. The average Bonchev–Trinajstić information content (AvgIpc) is 2.61. The van der Waals surface area contributed by atoms with E-state index in [-0.39, 0.29) is 17.6 Å². The van der Waals surface area contributed by atoms with E-state index in [1.54, 1.807) is 4.90 Å². The van der Waals surface area contributed by atoms with Gasteiger partial charge in [0.05, 0.1) is 17.8 Å². The lowest BCUT2D eigenvalue weighted by Gasteiger charge is -2.36. The number of rotatable bonds is 2. The number of halogens is 3. The van der Waals surface area contributed by atoms with E-state index in [1.807, 2.05) is 0 Å². The van der Waals surface area contributed by atoms with E-state index in [0.717, 1.165) is 31.4 Å². The first kappa shape index (κ1) is 16.4. The topological polar surface area (TPSA) is 46.1 Å². The van der Waals surface area contributed by atoms with E-state index in [1.165, 1.54) is 30.7 Å². The van der Waals surface area contributed by atoms with Crippen molar-refractivity contribution >= 4 is 5.91 Å². The Bertz CT molecular complexity index is 701. The molecule has 2 heterocycles. The zero-order chi connectivity index (χ0) is 17.2. The maximum atomic E-state index is 12.7. The SMILES string of the molecule is O=C(c1cnccn1)N1CCCC[C@H]1c1ccc(C(F)(F)F)cc1. The van der Waals surface area contributed by atoms with Crippen LogP contribution >= 0.6 is 0 Å². The van der Waals surface area contributed by atoms with E-state index >= 15 is 0 Å². The predicted octanol–water partition coefficient (Wildman–Crippen LogP) is 3.86. The molecule has 1 amide bonds. The number of alkyl halides is 3. The van der Waals surface area contributed by atoms with Crippen LogP contribution in [0.3, 0.4) is 0 Å². The zero-order valence-corrected chi connectivity index (χ0v) is 12.8. The summed E-state index contributed by atoms with van der Waals surface area (Å²) < 4.78 is 38.1. The highest BCUT2D eigenvalue weighted by Gasteiger charge is 2.32. The van der Waals surface area contributed by atoms with Gasteiger partial charge in [0.25, 0.3) is 5.91 Å². The van der Waals surface area contributed by atoms with E-state index < -0.39 is 11.7 Å². The second-order valence-corrected chi connectivity index (χ2v) is 5.72. The van der Waals surface area contributed by atoms with Crippen LogP contribution in [-0.2, 0) is 6.18 Å². The summed E-state index contributed by atoms with van der Waals surface area (Å²) in [7, 11) is 0. The molecule has 3 rings (SSSR count). The summed E-state index contributed by atoms with van der Waals surface area (Å²) in [6.45, 7) is 0.557. The minimum Gasteiger partial charge on any atom is -0.330 e. The van der Waals surface area contributed by atoms with Gasteiger partial charge in [0.15, 0.2) is 0 Å². The molecule has 0 aliphatic carbocycles. The van der Waals surface area contributed by atoms with Crippen molar-refractivity contribution in [3.8, 4) is 0 Å². The van der Waals surface area contributed by atoms with Crippen LogP contribution in [0.25, 0.3) is 0 Å². The Morgan fingerprint density at radius 3 is 2.50 bits per heavy atom. The first-order chi connectivity index (χ1) is 11.5. The van der Waals surface area contributed by atoms with Gasteiger partial charge >= 0.3 is 6.18 Å². The van der Waals surface area contributed by atoms with E-state index in [2.05, 4.69) is 9.97 Å². The number of piperidine rings is 1. The second kappa shape index (κ2) is 6.59. The Kier molecular flexibility index (Phi) is 4.51. The van der Waals surface area contributed by atoms with Crippen LogP contribution in [0.1, 0.15) is 46.9 Å². The van der Waals surface area contributed by atoms with Crippen LogP contribution in [-0.4, -0.2) is 27.3 Å². The number of amides is 1. The van der Waals surface area contributed by atoms with Gasteiger partial charge in [-0.05, 0) is 37.0 Å². The maximum Gasteiger partial charge on any atom is 0.416 e. The molecule has 4 nitrogen and oxygen atoms in total. The van der Waals surface area contributed by atoms with Gasteiger partial charge in [-0.1, -0.05) is 12.1 Å². The zero-order valence-electron chi connectivity index (χ0n) is 12.8. The molecule has 2 aromatic rings. The number of hydrogen-bond acceptors (Lipinski definition) is 3. The predicted molar refractivity (Wildman–Crippen MR) is 81.1 cm³/mol. The number of aromatic nitrogens is 2. The van der Waals surface area contributed by atoms with Gasteiger partial charge < -0.3 is 4.90 Å². The quantitative estimate of drug-likeness (QED) is 0.837. The number of hydrogen-bond donors (Lipinski definition) is 0. The molecule has 0 bridgehead atoms. The summed E-state index contributed by atoms with van der Waals surface area (Å²) >= 11 is 0. The first-order valence-electron chi connectivity index (χ1n) is 7.71. The Morgan fingerprint density at radius 1 is 1.12 bits per heavy atom. The van der Waals surface area contributed by atoms with Crippen molar-refractivity contribution in [3.05, 3.63) is 59.7 Å². The molecule has 1 saturated heterocycles. The molecule has 1 aliphatic rings. The first-order valence-corrected chi connectivity index (χ1v) is 7.71. The molecule has 0 unspecified atom stereocenters. The Labute approximate surface area is 137 Å². The van der Waals surface area contributed by atoms with Gasteiger partial charge in [-0.25, -0.2) is 4.98 Å². The molecule has 0 spiro atoms. The van der Waals surface area contributed by atoms with Crippen molar-refractivity contribution in [2.24, 2.45) is 0 Å². The molecular weight excluding hydrogens is 319 g/mol. The molecule has 1 aromatic carbocycles. The van der Waals surface area contributed by atoms with Gasteiger partial charge in [-0.3, -0.25) is 9.78 Å². The summed E-state index contributed by atoms with van der Waals surface area (Å²) in [5, 5.41) is 0. The van der Waals surface area contributed by atoms with Gasteiger partial charge in [0, 0.05) is 18.9 Å². The van der Waals surface area contributed by atoms with Crippen molar-refractivity contribution in [3.63, 3.8) is 0 Å². The highest BCUT2D eigenvalue weighted by Crippen LogP contribution is 2.34. The number of likely N-dealkylation sites (tertiary alicyclic amines) is 1. The summed E-state index contributed by atoms with van der Waals surface area (Å²) in [5.74, 6) is -0.243. The minimum absolute atomic E-state index is 0.240. The molecule has 0 saturated carbocycles. The standard InChI is InChI=1S/C17H16F3N3O/c18-17(19,20)13-6-4-12(5-7-13)15-3-1-2-10-23(15)16(24)14-11-21-8-9-22-14/h4-9,11,15H,1-3,10H2/t15-/m0/s1. The Balaban J connectivity index is 1.86. The number of carbonyl (C=O) groups is 1. The highest BCUT2D eigenvalue weighted by atomic mass is 19.4. The molecule has 0 N–H and O–H groups in total. The Hall–Kier alpha value is -2.44. The fourth-order valence-electron chi connectivity index (χ4n) is 2.97. The summed E-state index contributed by atoms with van der Waals surface area (Å²) in [6, 6.07) is 4.80. The second-order valence-electron chi connectivity index (χ2n) is 5.72. The number of carbonyl (C=O) groups excluding carboxylic acids is 1. The van der Waals surface area contributed by atoms with Crippen molar-refractivity contribution in [1.29, 1.82) is 0 Å². The van der Waals surface area contributed by atoms with Crippen molar-refractivity contribution < 1.29 is 18.0 Å². The Morgan fingerprint density at radius 2 is 1.88 bits per heavy atom. The van der Waals surface area contributed by atoms with E-state index in [0.29, 0.717) is 12.1 Å². The highest BCUT2D eigenvalue weighted by molar-refractivity contribution is 5.92. The van der Waals surface area contributed by atoms with Crippen molar-refractivity contribution in [2.45, 2.75) is 31.5 Å². The van der Waals surface area contributed by atoms with Crippen molar-refractivity contribution in [2.75, 3.05) is 6.54 Å². The third kappa shape index (κ3) is 3.39. The van der Waals surface area contributed by atoms with Gasteiger partial charge in [-0.15, -0.1) is 0 Å². The molecule has 1 aromatic heterocycles. The van der Waals surface area contributed by atoms with Gasteiger partial charge in [0.1, 0.15) is 5.69 Å². The molecule has 0 radical (unpaired) electrons. The van der Waals surface area contributed by atoms with Crippen LogP contribution in [0.5, 0.6) is 0 Å². The van der Waals surface area contributed by atoms with Crippen molar-refractivity contribution in [1.82, 2.24) is 14.9 Å². The summed E-state index contributed by atoms with van der Waals surface area (Å²) in [6.07, 6.45) is 2.49. The lowest BCUT2D eigenvalue weighted by molar-refractivity contribution is -0.137. The molecule has 1 fully saturated rings. The minimum atomic E-state index is -4.36. The van der Waals surface area contributed by atoms with Crippen LogP contribution < -0.4 is 0 Å². The van der Waals surface area contributed by atoms with Crippen LogP contribution in [0.4, 0.5) is 13.2 Å². The molecule has 1 atom stereocenters. The van der Waals surface area contributed by atoms with Gasteiger partial charge in [-0.2, -0.15) is 13.2 Å². The molecular formula is C17H16F3N3O. The van der Waals surface area contributed by atoms with Crippen LogP contribution in [0.2, 0.25) is 0 Å². The summed E-state index contributed by atoms with van der Waals surface area (Å²) in [5.41, 5.74) is 0.269. The lowest BCUT2D eigenvalue weighted by Crippen LogP contribution is -2.39. The van der Waals surface area contributed by atoms with Crippen LogP contribution in [0, 0.1) is 0 Å². The average molecular weight is 335 g/mol. The van der Waals surface area contributed by atoms with E-state index in [4.69, 9.17) is 0 Å². The molecule has 1 aliphatic heterocycles. The third-order valence-electron chi connectivity index (χ3n) is 4.17.